The minimum atomic E-state index is 0.591. The Kier molecular flexibility index (Phi) is 3.46. The fourth-order valence-corrected chi connectivity index (χ4v) is 1.93. The summed E-state index contributed by atoms with van der Waals surface area (Å²) in [5.74, 6) is 0.621. The maximum absolute atomic E-state index is 5.89. The van der Waals surface area contributed by atoms with Gasteiger partial charge in [-0.15, -0.1) is 0 Å². The monoisotopic (exact) mass is 255 g/mol. The first-order chi connectivity index (χ1) is 7.67. The van der Waals surface area contributed by atoms with Gasteiger partial charge in [0.05, 0.1) is 6.54 Å². The molecule has 0 fully saturated rings. The third-order valence-electron chi connectivity index (χ3n) is 2.20. The number of nitrogens with one attached hydrogen (secondary N) is 1. The predicted octanol–water partition coefficient (Wildman–Crippen LogP) is 3.63. The molecule has 5 heteroatoms. The first-order valence-corrected chi connectivity index (χ1v) is 5.77. The van der Waals surface area contributed by atoms with Crippen molar-refractivity contribution in [3.05, 3.63) is 28.2 Å². The smallest absolute Gasteiger partial charge is 0.222 e. The van der Waals surface area contributed by atoms with E-state index in [9.17, 15) is 0 Å². The lowest BCUT2D eigenvalue weighted by Crippen LogP contribution is -2.07. The number of aliphatic imine (C=N–C) groups is 2. The van der Waals surface area contributed by atoms with Crippen molar-refractivity contribution in [3.63, 3.8) is 0 Å². The van der Waals surface area contributed by atoms with Gasteiger partial charge in [0.1, 0.15) is 0 Å². The van der Waals surface area contributed by atoms with Gasteiger partial charge in [-0.05, 0) is 24.6 Å². The zero-order chi connectivity index (χ0) is 11.5. The van der Waals surface area contributed by atoms with Crippen LogP contribution in [-0.4, -0.2) is 18.2 Å². The molecule has 3 nitrogen and oxygen atoms in total. The van der Waals surface area contributed by atoms with E-state index in [0.29, 0.717) is 22.5 Å². The van der Waals surface area contributed by atoms with Gasteiger partial charge >= 0.3 is 0 Å². The third kappa shape index (κ3) is 2.74. The second-order valence-electron chi connectivity index (χ2n) is 3.45. The minimum absolute atomic E-state index is 0.591. The van der Waals surface area contributed by atoms with Crippen molar-refractivity contribution in [3.8, 4) is 0 Å². The molecule has 2 rings (SSSR count). The highest BCUT2D eigenvalue weighted by molar-refractivity contribution is 6.35. The normalized spacial score (nSPS) is 14.7. The molecule has 1 N–H and O–H groups in total. The average molecular weight is 256 g/mol. The number of guanidine groups is 1. The fraction of sp³-hybridized carbons (Fsp3) is 0.273. The van der Waals surface area contributed by atoms with Crippen molar-refractivity contribution < 1.29 is 0 Å². The van der Waals surface area contributed by atoms with Gasteiger partial charge in [0, 0.05) is 21.4 Å². The van der Waals surface area contributed by atoms with Crippen molar-refractivity contribution in [2.45, 2.75) is 13.3 Å². The van der Waals surface area contributed by atoms with E-state index in [1.54, 1.807) is 18.2 Å². The Bertz CT molecular complexity index is 446. The van der Waals surface area contributed by atoms with Gasteiger partial charge in [0.25, 0.3) is 0 Å². The van der Waals surface area contributed by atoms with Crippen molar-refractivity contribution in [1.82, 2.24) is 0 Å². The molecular formula is C11H11Cl2N3. The van der Waals surface area contributed by atoms with Crippen LogP contribution in [0.15, 0.2) is 28.2 Å². The van der Waals surface area contributed by atoms with Crippen LogP contribution in [-0.2, 0) is 0 Å². The zero-order valence-electron chi connectivity index (χ0n) is 8.80. The Morgan fingerprint density at radius 1 is 1.25 bits per heavy atom. The van der Waals surface area contributed by atoms with E-state index in [1.165, 1.54) is 0 Å². The zero-order valence-corrected chi connectivity index (χ0v) is 10.3. The maximum Gasteiger partial charge on any atom is 0.222 e. The van der Waals surface area contributed by atoms with Crippen LogP contribution in [0.3, 0.4) is 0 Å². The summed E-state index contributed by atoms with van der Waals surface area (Å²) in [6.07, 6.45) is 0.922. The molecule has 1 aromatic rings. The highest BCUT2D eigenvalue weighted by Gasteiger charge is 2.08. The Labute approximate surface area is 104 Å². The van der Waals surface area contributed by atoms with E-state index in [-0.39, 0.29) is 0 Å². The molecule has 0 aromatic heterocycles. The molecule has 1 aromatic carbocycles. The Morgan fingerprint density at radius 3 is 2.50 bits per heavy atom. The summed E-state index contributed by atoms with van der Waals surface area (Å²) in [4.78, 5) is 8.59. The van der Waals surface area contributed by atoms with Gasteiger partial charge in [-0.2, -0.15) is 0 Å². The number of nitrogens with zero attached hydrogens (tertiary/aromatic N) is 2. The molecule has 0 saturated carbocycles. The lowest BCUT2D eigenvalue weighted by atomic mass is 10.3. The molecule has 0 amide bonds. The van der Waals surface area contributed by atoms with Crippen molar-refractivity contribution >= 4 is 40.6 Å². The molecule has 0 spiro atoms. The van der Waals surface area contributed by atoms with Crippen LogP contribution < -0.4 is 5.32 Å². The quantitative estimate of drug-likeness (QED) is 0.861. The van der Waals surface area contributed by atoms with Crippen molar-refractivity contribution in [1.29, 1.82) is 0 Å². The summed E-state index contributed by atoms with van der Waals surface area (Å²) >= 11 is 11.8. The first-order valence-electron chi connectivity index (χ1n) is 5.01. The van der Waals surface area contributed by atoms with Crippen molar-refractivity contribution in [2.75, 3.05) is 11.9 Å². The van der Waals surface area contributed by atoms with Gasteiger partial charge in [-0.1, -0.05) is 30.1 Å². The summed E-state index contributed by atoms with van der Waals surface area (Å²) in [5.41, 5.74) is 1.88. The predicted molar refractivity (Wildman–Crippen MR) is 70.1 cm³/mol. The summed E-state index contributed by atoms with van der Waals surface area (Å²) in [7, 11) is 0. The lowest BCUT2D eigenvalue weighted by molar-refractivity contribution is 1.21. The Morgan fingerprint density at radius 2 is 1.94 bits per heavy atom. The number of hydrogen-bond acceptors (Lipinski definition) is 3. The Hall–Kier alpha value is -1.06. The van der Waals surface area contributed by atoms with E-state index < -0.39 is 0 Å². The average Bonchev–Trinajstić information content (AvgIpc) is 2.64. The largest absolute Gasteiger partial charge is 0.324 e. The highest BCUT2D eigenvalue weighted by atomic mass is 35.5. The molecule has 0 saturated heterocycles. The van der Waals surface area contributed by atoms with E-state index in [1.807, 2.05) is 0 Å². The van der Waals surface area contributed by atoms with Gasteiger partial charge in [-0.25, -0.2) is 9.98 Å². The SMILES string of the molecule is CCC1=NC(Nc2cc(Cl)cc(Cl)c2)=NC1. The molecular weight excluding hydrogens is 245 g/mol. The van der Waals surface area contributed by atoms with Gasteiger partial charge < -0.3 is 5.32 Å². The summed E-state index contributed by atoms with van der Waals surface area (Å²) in [5, 5.41) is 4.26. The molecule has 1 heterocycles. The van der Waals surface area contributed by atoms with Crippen LogP contribution in [0.25, 0.3) is 0 Å². The third-order valence-corrected chi connectivity index (χ3v) is 2.64. The lowest BCUT2D eigenvalue weighted by Gasteiger charge is -2.04. The van der Waals surface area contributed by atoms with Crippen molar-refractivity contribution in [2.24, 2.45) is 9.98 Å². The number of rotatable bonds is 2. The van der Waals surface area contributed by atoms with Gasteiger partial charge in [0.15, 0.2) is 0 Å². The molecule has 1 aliphatic rings. The summed E-state index contributed by atoms with van der Waals surface area (Å²) in [6, 6.07) is 5.26. The van der Waals surface area contributed by atoms with Gasteiger partial charge in [-0.3, -0.25) is 0 Å². The first kappa shape index (κ1) is 11.4. The molecule has 1 aliphatic heterocycles. The van der Waals surface area contributed by atoms with Crippen LogP contribution in [0.2, 0.25) is 10.0 Å². The maximum atomic E-state index is 5.89. The highest BCUT2D eigenvalue weighted by Crippen LogP contribution is 2.22. The Balaban J connectivity index is 2.13. The number of hydrogen-bond donors (Lipinski definition) is 1. The number of anilines is 1. The van der Waals surface area contributed by atoms with Crippen LogP contribution in [0.4, 0.5) is 5.69 Å². The summed E-state index contributed by atoms with van der Waals surface area (Å²) < 4.78 is 0. The molecule has 0 bridgehead atoms. The number of halogens is 2. The molecule has 0 aliphatic carbocycles. The number of benzene rings is 1. The van der Waals surface area contributed by atoms with Crippen LogP contribution in [0, 0.1) is 0 Å². The topological polar surface area (TPSA) is 36.8 Å². The molecule has 0 radical (unpaired) electrons. The van der Waals surface area contributed by atoms with E-state index in [0.717, 1.165) is 17.8 Å². The second kappa shape index (κ2) is 4.85. The summed E-state index contributed by atoms with van der Waals surface area (Å²) in [6.45, 7) is 2.74. The van der Waals surface area contributed by atoms with Crippen LogP contribution in [0.5, 0.6) is 0 Å². The van der Waals surface area contributed by atoms with Crippen LogP contribution in [0.1, 0.15) is 13.3 Å². The molecule has 0 unspecified atom stereocenters. The second-order valence-corrected chi connectivity index (χ2v) is 4.33. The molecule has 16 heavy (non-hydrogen) atoms. The van der Waals surface area contributed by atoms with E-state index in [4.69, 9.17) is 23.2 Å². The standard InChI is InChI=1S/C11H11Cl2N3/c1-2-9-6-14-11(15-9)16-10-4-7(12)3-8(13)5-10/h3-5H,2,6H2,1H3,(H,14,16). The minimum Gasteiger partial charge on any atom is -0.324 e. The fourth-order valence-electron chi connectivity index (χ4n) is 1.40. The van der Waals surface area contributed by atoms with E-state index >= 15 is 0 Å². The molecule has 84 valence electrons. The van der Waals surface area contributed by atoms with Crippen LogP contribution >= 0.6 is 23.2 Å². The van der Waals surface area contributed by atoms with Gasteiger partial charge in [0.2, 0.25) is 5.96 Å². The van der Waals surface area contributed by atoms with E-state index in [2.05, 4.69) is 22.2 Å². The molecule has 0 atom stereocenters.